The Bertz CT molecular complexity index is 945. The number of carbonyl (C=O) groups excluding carboxylic acids is 1. The Hall–Kier alpha value is -3.09. The van der Waals surface area contributed by atoms with Gasteiger partial charge in [0, 0.05) is 19.5 Å². The van der Waals surface area contributed by atoms with Gasteiger partial charge in [0.05, 0.1) is 24.9 Å². The van der Waals surface area contributed by atoms with Crippen molar-refractivity contribution in [3.63, 3.8) is 0 Å². The number of hydrogen-bond donors (Lipinski definition) is 0. The van der Waals surface area contributed by atoms with Gasteiger partial charge in [-0.25, -0.2) is 9.97 Å². The fraction of sp³-hybridized carbons (Fsp3) is 0.381. The second-order valence-electron chi connectivity index (χ2n) is 7.05. The number of benzene rings is 1. The highest BCUT2D eigenvalue weighted by atomic mass is 16.5. The summed E-state index contributed by atoms with van der Waals surface area (Å²) in [5.74, 6) is 2.62. The van der Waals surface area contributed by atoms with Crippen LogP contribution < -0.4 is 4.74 Å². The van der Waals surface area contributed by atoms with Crippen LogP contribution in [0.4, 0.5) is 0 Å². The Morgan fingerprint density at radius 3 is 2.82 bits per heavy atom. The predicted octanol–water partition coefficient (Wildman–Crippen LogP) is 3.59. The lowest BCUT2D eigenvalue weighted by Gasteiger charge is -2.30. The molecule has 0 N–H and O–H groups in total. The molecule has 0 radical (unpaired) electrons. The summed E-state index contributed by atoms with van der Waals surface area (Å²) in [6.45, 7) is 3.05. The molecule has 0 aliphatic carbocycles. The first kappa shape index (κ1) is 18.3. The van der Waals surface area contributed by atoms with E-state index in [-0.39, 0.29) is 11.8 Å². The predicted molar refractivity (Wildman–Crippen MR) is 101 cm³/mol. The molecular formula is C21H23N3O4. The first-order valence-corrected chi connectivity index (χ1v) is 9.41. The number of oxazole rings is 2. The van der Waals surface area contributed by atoms with E-state index >= 15 is 0 Å². The van der Waals surface area contributed by atoms with Crippen LogP contribution in [-0.4, -0.2) is 41.0 Å². The highest BCUT2D eigenvalue weighted by Crippen LogP contribution is 2.28. The van der Waals surface area contributed by atoms with Gasteiger partial charge in [0.25, 0.3) is 5.91 Å². The van der Waals surface area contributed by atoms with Crippen molar-refractivity contribution in [2.24, 2.45) is 0 Å². The molecule has 1 fully saturated rings. The van der Waals surface area contributed by atoms with E-state index < -0.39 is 0 Å². The molecule has 0 unspecified atom stereocenters. The van der Waals surface area contributed by atoms with E-state index in [1.165, 1.54) is 6.39 Å². The fourth-order valence-corrected chi connectivity index (χ4v) is 3.55. The molecule has 1 aliphatic rings. The van der Waals surface area contributed by atoms with Gasteiger partial charge < -0.3 is 18.5 Å². The Kier molecular flexibility index (Phi) is 5.14. The molecule has 2 aromatic heterocycles. The van der Waals surface area contributed by atoms with Crippen molar-refractivity contribution in [1.29, 1.82) is 0 Å². The summed E-state index contributed by atoms with van der Waals surface area (Å²) in [5, 5.41) is 0. The first-order chi connectivity index (χ1) is 13.6. The molecule has 3 heterocycles. The minimum atomic E-state index is -0.121. The lowest BCUT2D eigenvalue weighted by atomic mass is 9.97. The molecule has 0 saturated carbocycles. The quantitative estimate of drug-likeness (QED) is 0.672. The zero-order valence-corrected chi connectivity index (χ0v) is 16.1. The summed E-state index contributed by atoms with van der Waals surface area (Å²) in [4.78, 5) is 23.0. The zero-order chi connectivity index (χ0) is 19.5. The molecule has 0 spiro atoms. The van der Waals surface area contributed by atoms with Crippen LogP contribution in [0.15, 0.2) is 45.7 Å². The number of rotatable bonds is 5. The number of nitrogens with zero attached hydrogens (tertiary/aromatic N) is 3. The van der Waals surface area contributed by atoms with Gasteiger partial charge in [0.15, 0.2) is 12.3 Å². The summed E-state index contributed by atoms with van der Waals surface area (Å²) in [5.41, 5.74) is 1.75. The van der Waals surface area contributed by atoms with Crippen molar-refractivity contribution in [3.8, 4) is 5.75 Å². The van der Waals surface area contributed by atoms with E-state index in [9.17, 15) is 4.79 Å². The van der Waals surface area contributed by atoms with Crippen LogP contribution >= 0.6 is 0 Å². The van der Waals surface area contributed by atoms with Gasteiger partial charge in [-0.05, 0) is 37.5 Å². The molecule has 7 heteroatoms. The highest BCUT2D eigenvalue weighted by molar-refractivity contribution is 5.92. The smallest absolute Gasteiger partial charge is 0.291 e. The summed E-state index contributed by atoms with van der Waals surface area (Å²) in [7, 11) is 1.65. The molecule has 7 nitrogen and oxygen atoms in total. The van der Waals surface area contributed by atoms with E-state index in [0.29, 0.717) is 36.9 Å². The first-order valence-electron chi connectivity index (χ1n) is 9.41. The molecular weight excluding hydrogens is 358 g/mol. The van der Waals surface area contributed by atoms with Crippen LogP contribution in [0, 0.1) is 6.92 Å². The monoisotopic (exact) mass is 381 g/mol. The molecule has 1 aliphatic heterocycles. The highest BCUT2D eigenvalue weighted by Gasteiger charge is 2.30. The van der Waals surface area contributed by atoms with Crippen molar-refractivity contribution < 1.29 is 18.4 Å². The average molecular weight is 381 g/mol. The van der Waals surface area contributed by atoms with E-state index in [4.69, 9.17) is 13.6 Å². The van der Waals surface area contributed by atoms with Crippen LogP contribution in [-0.2, 0) is 6.42 Å². The van der Waals surface area contributed by atoms with Gasteiger partial charge in [0.2, 0.25) is 5.76 Å². The Labute approximate surface area is 163 Å². The average Bonchev–Trinajstić information content (AvgIpc) is 3.37. The van der Waals surface area contributed by atoms with Gasteiger partial charge in [-0.15, -0.1) is 0 Å². The van der Waals surface area contributed by atoms with Gasteiger partial charge in [-0.2, -0.15) is 0 Å². The van der Waals surface area contributed by atoms with Crippen LogP contribution in [0.5, 0.6) is 5.75 Å². The van der Waals surface area contributed by atoms with Crippen molar-refractivity contribution in [2.45, 2.75) is 32.1 Å². The van der Waals surface area contributed by atoms with Crippen LogP contribution in [0.1, 0.15) is 52.2 Å². The van der Waals surface area contributed by atoms with Gasteiger partial charge >= 0.3 is 0 Å². The SMILES string of the molecule is COc1ccc(Cc2cnc([C@@H]3CCCN(C(=O)c4ocnc4C)C3)o2)cc1. The molecule has 3 aromatic rings. The Morgan fingerprint density at radius 1 is 1.29 bits per heavy atom. The molecule has 1 aromatic carbocycles. The Morgan fingerprint density at radius 2 is 2.11 bits per heavy atom. The number of aryl methyl sites for hydroxylation is 1. The number of likely N-dealkylation sites (tertiary alicyclic amines) is 1. The summed E-state index contributed by atoms with van der Waals surface area (Å²) < 4.78 is 16.5. The fourth-order valence-electron chi connectivity index (χ4n) is 3.55. The van der Waals surface area contributed by atoms with Crippen LogP contribution in [0.25, 0.3) is 0 Å². The van der Waals surface area contributed by atoms with Crippen molar-refractivity contribution in [2.75, 3.05) is 20.2 Å². The normalized spacial score (nSPS) is 16.9. The van der Waals surface area contributed by atoms with E-state index in [1.54, 1.807) is 25.1 Å². The van der Waals surface area contributed by atoms with Gasteiger partial charge in [-0.1, -0.05) is 12.1 Å². The second-order valence-corrected chi connectivity index (χ2v) is 7.05. The van der Waals surface area contributed by atoms with Crippen molar-refractivity contribution in [3.05, 3.63) is 65.5 Å². The number of methoxy groups -OCH3 is 1. The lowest BCUT2D eigenvalue weighted by Crippen LogP contribution is -2.39. The molecule has 1 saturated heterocycles. The maximum Gasteiger partial charge on any atom is 0.291 e. The maximum absolute atomic E-state index is 12.7. The Balaban J connectivity index is 1.42. The summed E-state index contributed by atoms with van der Waals surface area (Å²) >= 11 is 0. The summed E-state index contributed by atoms with van der Waals surface area (Å²) in [6, 6.07) is 7.90. The van der Waals surface area contributed by atoms with Crippen molar-refractivity contribution in [1.82, 2.24) is 14.9 Å². The largest absolute Gasteiger partial charge is 0.497 e. The topological polar surface area (TPSA) is 81.6 Å². The lowest BCUT2D eigenvalue weighted by molar-refractivity contribution is 0.0664. The van der Waals surface area contributed by atoms with Gasteiger partial charge in [-0.3, -0.25) is 4.79 Å². The number of aromatic nitrogens is 2. The number of hydrogen-bond acceptors (Lipinski definition) is 6. The van der Waals surface area contributed by atoms with E-state index in [2.05, 4.69) is 9.97 Å². The third-order valence-corrected chi connectivity index (χ3v) is 5.11. The number of carbonyl (C=O) groups is 1. The van der Waals surface area contributed by atoms with Crippen LogP contribution in [0.2, 0.25) is 0 Å². The van der Waals surface area contributed by atoms with Crippen molar-refractivity contribution >= 4 is 5.91 Å². The minimum absolute atomic E-state index is 0.0885. The molecule has 1 atom stereocenters. The van der Waals surface area contributed by atoms with E-state index in [1.807, 2.05) is 24.3 Å². The second kappa shape index (κ2) is 7.88. The number of ether oxygens (including phenoxy) is 1. The minimum Gasteiger partial charge on any atom is -0.497 e. The number of amides is 1. The number of piperidine rings is 1. The molecule has 1 amide bonds. The zero-order valence-electron chi connectivity index (χ0n) is 16.1. The third kappa shape index (κ3) is 3.78. The third-order valence-electron chi connectivity index (χ3n) is 5.11. The molecule has 4 rings (SSSR count). The maximum atomic E-state index is 12.7. The van der Waals surface area contributed by atoms with Gasteiger partial charge in [0.1, 0.15) is 11.5 Å². The van der Waals surface area contributed by atoms with E-state index in [0.717, 1.165) is 29.9 Å². The molecule has 146 valence electrons. The molecule has 0 bridgehead atoms. The summed E-state index contributed by atoms with van der Waals surface area (Å²) in [6.07, 6.45) is 5.61. The molecule has 28 heavy (non-hydrogen) atoms. The standard InChI is InChI=1S/C21H23N3O4/c1-14-19(27-13-23-14)21(25)24-9-3-4-16(12-24)20-22-11-18(28-20)10-15-5-7-17(26-2)8-6-15/h5-8,11,13,16H,3-4,9-10,12H2,1-2H3/t16-/m1/s1. The van der Waals surface area contributed by atoms with Crippen LogP contribution in [0.3, 0.4) is 0 Å².